The lowest BCUT2D eigenvalue weighted by atomic mass is 10.0. The second-order valence-electron chi connectivity index (χ2n) is 4.63. The van der Waals surface area contributed by atoms with Crippen molar-refractivity contribution in [3.8, 4) is 11.5 Å². The highest BCUT2D eigenvalue weighted by atomic mass is 16.5. The van der Waals surface area contributed by atoms with Gasteiger partial charge in [-0.1, -0.05) is 30.3 Å². The summed E-state index contributed by atoms with van der Waals surface area (Å²) < 4.78 is 5.90. The summed E-state index contributed by atoms with van der Waals surface area (Å²) in [6.07, 6.45) is 1.35. The van der Waals surface area contributed by atoms with E-state index in [1.54, 1.807) is 11.9 Å². The molecule has 0 unspecified atom stereocenters. The third kappa shape index (κ3) is 2.19. The van der Waals surface area contributed by atoms with Gasteiger partial charge in [0.25, 0.3) is 0 Å². The molecule has 0 saturated heterocycles. The van der Waals surface area contributed by atoms with Gasteiger partial charge in [-0.2, -0.15) is 0 Å². The highest BCUT2D eigenvalue weighted by Crippen LogP contribution is 2.38. The number of benzene rings is 2. The molecule has 0 radical (unpaired) electrons. The maximum atomic E-state index is 11.8. The van der Waals surface area contributed by atoms with Gasteiger partial charge < -0.3 is 9.64 Å². The molecule has 1 amide bonds. The summed E-state index contributed by atoms with van der Waals surface area (Å²) in [5.74, 6) is 1.65. The SMILES string of the molecule is CN1C(=O)CCc2cccc(Oc3ccccc3)c21. The number of carbonyl (C=O) groups is 1. The number of ether oxygens (including phenoxy) is 1. The smallest absolute Gasteiger partial charge is 0.227 e. The van der Waals surface area contributed by atoms with Crippen molar-refractivity contribution in [2.75, 3.05) is 11.9 Å². The summed E-state index contributed by atoms with van der Waals surface area (Å²) in [4.78, 5) is 13.5. The average Bonchev–Trinajstić information content (AvgIpc) is 2.44. The van der Waals surface area contributed by atoms with E-state index in [1.807, 2.05) is 42.5 Å². The van der Waals surface area contributed by atoms with Crippen molar-refractivity contribution < 1.29 is 9.53 Å². The molecule has 0 fully saturated rings. The summed E-state index contributed by atoms with van der Waals surface area (Å²) in [7, 11) is 1.80. The molecule has 3 nitrogen and oxygen atoms in total. The third-order valence-electron chi connectivity index (χ3n) is 3.37. The van der Waals surface area contributed by atoms with Crippen molar-refractivity contribution in [3.05, 3.63) is 54.1 Å². The number of hydrogen-bond donors (Lipinski definition) is 0. The maximum absolute atomic E-state index is 11.8. The lowest BCUT2D eigenvalue weighted by Gasteiger charge is -2.27. The summed E-state index contributed by atoms with van der Waals surface area (Å²) >= 11 is 0. The minimum Gasteiger partial charge on any atom is -0.455 e. The molecule has 1 aliphatic rings. The summed E-state index contributed by atoms with van der Waals surface area (Å²) in [5.41, 5.74) is 2.05. The molecule has 0 atom stereocenters. The number of rotatable bonds is 2. The molecular weight excluding hydrogens is 238 g/mol. The lowest BCUT2D eigenvalue weighted by molar-refractivity contribution is -0.118. The zero-order chi connectivity index (χ0) is 13.2. The molecule has 19 heavy (non-hydrogen) atoms. The van der Waals surface area contributed by atoms with Crippen LogP contribution in [0.15, 0.2) is 48.5 Å². The predicted molar refractivity (Wildman–Crippen MR) is 74.7 cm³/mol. The molecule has 1 heterocycles. The van der Waals surface area contributed by atoms with Gasteiger partial charge in [0.15, 0.2) is 5.75 Å². The number of amides is 1. The van der Waals surface area contributed by atoms with Crippen LogP contribution in [0, 0.1) is 0 Å². The van der Waals surface area contributed by atoms with Crippen molar-refractivity contribution >= 4 is 11.6 Å². The second kappa shape index (κ2) is 4.76. The van der Waals surface area contributed by atoms with E-state index in [0.29, 0.717) is 6.42 Å². The maximum Gasteiger partial charge on any atom is 0.227 e. The van der Waals surface area contributed by atoms with Gasteiger partial charge in [-0.15, -0.1) is 0 Å². The Morgan fingerprint density at radius 2 is 1.79 bits per heavy atom. The van der Waals surface area contributed by atoms with Gasteiger partial charge in [-0.3, -0.25) is 4.79 Å². The van der Waals surface area contributed by atoms with Gasteiger partial charge >= 0.3 is 0 Å². The fourth-order valence-electron chi connectivity index (χ4n) is 2.38. The van der Waals surface area contributed by atoms with Crippen molar-refractivity contribution in [3.63, 3.8) is 0 Å². The topological polar surface area (TPSA) is 29.5 Å². The van der Waals surface area contributed by atoms with Crippen LogP contribution in [-0.4, -0.2) is 13.0 Å². The number of anilines is 1. The Morgan fingerprint density at radius 1 is 1.00 bits per heavy atom. The molecule has 0 saturated carbocycles. The second-order valence-corrected chi connectivity index (χ2v) is 4.63. The number of nitrogens with zero attached hydrogens (tertiary/aromatic N) is 1. The van der Waals surface area contributed by atoms with Crippen molar-refractivity contribution in [1.29, 1.82) is 0 Å². The van der Waals surface area contributed by atoms with Crippen LogP contribution in [0.4, 0.5) is 5.69 Å². The Bertz CT molecular complexity index is 607. The van der Waals surface area contributed by atoms with E-state index in [2.05, 4.69) is 6.07 Å². The largest absolute Gasteiger partial charge is 0.455 e. The molecule has 2 aromatic rings. The minimum absolute atomic E-state index is 0.136. The third-order valence-corrected chi connectivity index (χ3v) is 3.37. The van der Waals surface area contributed by atoms with Crippen LogP contribution in [0.5, 0.6) is 11.5 Å². The fraction of sp³-hybridized carbons (Fsp3) is 0.188. The minimum atomic E-state index is 0.136. The zero-order valence-corrected chi connectivity index (χ0v) is 10.8. The van der Waals surface area contributed by atoms with Crippen LogP contribution in [-0.2, 0) is 11.2 Å². The molecule has 0 bridgehead atoms. The zero-order valence-electron chi connectivity index (χ0n) is 10.8. The molecule has 0 spiro atoms. The summed E-state index contributed by atoms with van der Waals surface area (Å²) in [6.45, 7) is 0. The first-order chi connectivity index (χ1) is 9.25. The van der Waals surface area contributed by atoms with Crippen molar-refractivity contribution in [2.45, 2.75) is 12.8 Å². The van der Waals surface area contributed by atoms with Gasteiger partial charge in [-0.05, 0) is 30.2 Å². The van der Waals surface area contributed by atoms with E-state index >= 15 is 0 Å². The molecule has 3 rings (SSSR count). The molecule has 0 N–H and O–H groups in total. The molecule has 2 aromatic carbocycles. The number of hydrogen-bond acceptors (Lipinski definition) is 2. The van der Waals surface area contributed by atoms with Crippen LogP contribution in [0.2, 0.25) is 0 Å². The Labute approximate surface area is 112 Å². The quantitative estimate of drug-likeness (QED) is 0.821. The predicted octanol–water partition coefficient (Wildman–Crippen LogP) is 3.39. The van der Waals surface area contributed by atoms with Crippen LogP contribution in [0.25, 0.3) is 0 Å². The van der Waals surface area contributed by atoms with Crippen molar-refractivity contribution in [1.82, 2.24) is 0 Å². The standard InChI is InChI=1S/C16H15NO2/c1-17-15(18)11-10-12-6-5-9-14(16(12)17)19-13-7-3-2-4-8-13/h2-9H,10-11H2,1H3. The Kier molecular flexibility index (Phi) is 2.95. The first kappa shape index (κ1) is 11.8. The van der Waals surface area contributed by atoms with Crippen LogP contribution < -0.4 is 9.64 Å². The Morgan fingerprint density at radius 3 is 2.58 bits per heavy atom. The number of aryl methyl sites for hydroxylation is 1. The van der Waals surface area contributed by atoms with E-state index in [0.717, 1.165) is 29.2 Å². The molecule has 1 aliphatic heterocycles. The van der Waals surface area contributed by atoms with Gasteiger partial charge in [0.05, 0.1) is 5.69 Å². The van der Waals surface area contributed by atoms with E-state index in [-0.39, 0.29) is 5.91 Å². The average molecular weight is 253 g/mol. The molecule has 3 heteroatoms. The van der Waals surface area contributed by atoms with Gasteiger partial charge in [0.2, 0.25) is 5.91 Å². The van der Waals surface area contributed by atoms with Crippen LogP contribution >= 0.6 is 0 Å². The number of para-hydroxylation sites is 2. The summed E-state index contributed by atoms with van der Waals surface area (Å²) in [6, 6.07) is 15.5. The van der Waals surface area contributed by atoms with Gasteiger partial charge in [0.1, 0.15) is 5.75 Å². The normalized spacial score (nSPS) is 14.2. The molecule has 96 valence electrons. The number of carbonyl (C=O) groups excluding carboxylic acids is 1. The van der Waals surface area contributed by atoms with E-state index < -0.39 is 0 Å². The molecule has 0 aliphatic carbocycles. The lowest BCUT2D eigenvalue weighted by Crippen LogP contribution is -2.31. The molecule has 0 aromatic heterocycles. The van der Waals surface area contributed by atoms with Gasteiger partial charge in [0, 0.05) is 13.5 Å². The highest BCUT2D eigenvalue weighted by molar-refractivity contribution is 5.97. The van der Waals surface area contributed by atoms with E-state index in [1.165, 1.54) is 0 Å². The van der Waals surface area contributed by atoms with E-state index in [4.69, 9.17) is 4.74 Å². The number of fused-ring (bicyclic) bond motifs is 1. The highest BCUT2D eigenvalue weighted by Gasteiger charge is 2.24. The fourth-order valence-corrected chi connectivity index (χ4v) is 2.38. The first-order valence-corrected chi connectivity index (χ1v) is 6.37. The van der Waals surface area contributed by atoms with E-state index in [9.17, 15) is 4.79 Å². The van der Waals surface area contributed by atoms with Crippen molar-refractivity contribution in [2.24, 2.45) is 0 Å². The Balaban J connectivity index is 2.01. The summed E-state index contributed by atoms with van der Waals surface area (Å²) in [5, 5.41) is 0. The Hall–Kier alpha value is -2.29. The van der Waals surface area contributed by atoms with Crippen LogP contribution in [0.3, 0.4) is 0 Å². The van der Waals surface area contributed by atoms with Crippen LogP contribution in [0.1, 0.15) is 12.0 Å². The first-order valence-electron chi connectivity index (χ1n) is 6.37. The van der Waals surface area contributed by atoms with Gasteiger partial charge in [-0.25, -0.2) is 0 Å². The molecular formula is C16H15NO2. The monoisotopic (exact) mass is 253 g/mol.